The van der Waals surface area contributed by atoms with Gasteiger partial charge in [0.2, 0.25) is 5.91 Å². The third-order valence-corrected chi connectivity index (χ3v) is 2.71. The maximum absolute atomic E-state index is 13.1. The normalized spacial score (nSPS) is 14.9. The maximum Gasteiger partial charge on any atom is 0.416 e. The molecule has 0 radical (unpaired) electrons. The van der Waals surface area contributed by atoms with Crippen molar-refractivity contribution in [1.29, 1.82) is 0 Å². The van der Waals surface area contributed by atoms with Gasteiger partial charge in [-0.3, -0.25) is 4.79 Å². The summed E-state index contributed by atoms with van der Waals surface area (Å²) < 4.78 is 17.8. The summed E-state index contributed by atoms with van der Waals surface area (Å²) in [5.41, 5.74) is 0.469. The Labute approximate surface area is 102 Å². The number of ether oxygens (including phenoxy) is 1. The van der Waals surface area contributed by atoms with Crippen LogP contribution in [0, 0.1) is 5.82 Å². The van der Waals surface area contributed by atoms with Crippen LogP contribution in [0.4, 0.5) is 9.18 Å². The monoisotopic (exact) mass is 257 g/mol. The molecule has 0 unspecified atom stereocenters. The molecule has 1 aromatic carbocycles. The summed E-state index contributed by atoms with van der Waals surface area (Å²) in [5, 5.41) is 0.00165. The van der Waals surface area contributed by atoms with Gasteiger partial charge in [-0.1, -0.05) is 17.7 Å². The molecule has 2 amide bonds. The van der Waals surface area contributed by atoms with Crippen LogP contribution in [0.25, 0.3) is 0 Å². The molecule has 90 valence electrons. The van der Waals surface area contributed by atoms with E-state index in [4.69, 9.17) is 11.6 Å². The highest BCUT2D eigenvalue weighted by molar-refractivity contribution is 6.30. The lowest BCUT2D eigenvalue weighted by Crippen LogP contribution is -2.32. The van der Waals surface area contributed by atoms with Crippen molar-refractivity contribution >= 4 is 23.6 Å². The van der Waals surface area contributed by atoms with E-state index in [0.29, 0.717) is 5.56 Å². The summed E-state index contributed by atoms with van der Waals surface area (Å²) in [6, 6.07) is 4.11. The Morgan fingerprint density at radius 1 is 1.53 bits per heavy atom. The van der Waals surface area contributed by atoms with Crippen molar-refractivity contribution in [1.82, 2.24) is 4.90 Å². The molecule has 0 N–H and O–H groups in total. The predicted octanol–water partition coefficient (Wildman–Crippen LogP) is 2.00. The minimum atomic E-state index is -0.649. The standard InChI is InChI=1S/C11H9ClFNO3/c12-8-2-1-7(5-9(8)13)6-10(15)14-3-4-17-11(14)16/h1-2,5H,3-4,6H2. The fourth-order valence-corrected chi connectivity index (χ4v) is 1.66. The molecule has 1 aromatic rings. The molecule has 4 nitrogen and oxygen atoms in total. The van der Waals surface area contributed by atoms with Gasteiger partial charge in [-0.2, -0.15) is 0 Å². The van der Waals surface area contributed by atoms with E-state index in [9.17, 15) is 14.0 Å². The Bertz CT molecular complexity index is 478. The fourth-order valence-electron chi connectivity index (χ4n) is 1.54. The van der Waals surface area contributed by atoms with Crippen LogP contribution in [0.2, 0.25) is 5.02 Å². The predicted molar refractivity (Wildman–Crippen MR) is 58.2 cm³/mol. The molecule has 1 aliphatic rings. The number of rotatable bonds is 2. The van der Waals surface area contributed by atoms with E-state index in [1.165, 1.54) is 12.1 Å². The van der Waals surface area contributed by atoms with Crippen LogP contribution in [0.5, 0.6) is 0 Å². The largest absolute Gasteiger partial charge is 0.447 e. The molecule has 0 saturated carbocycles. The summed E-state index contributed by atoms with van der Waals surface area (Å²) in [7, 11) is 0. The lowest BCUT2D eigenvalue weighted by atomic mass is 10.1. The minimum Gasteiger partial charge on any atom is -0.447 e. The van der Waals surface area contributed by atoms with Crippen molar-refractivity contribution in [3.63, 3.8) is 0 Å². The first kappa shape index (κ1) is 11.9. The Balaban J connectivity index is 2.07. The first-order chi connectivity index (χ1) is 8.08. The summed E-state index contributed by atoms with van der Waals surface area (Å²) in [4.78, 5) is 23.8. The first-order valence-electron chi connectivity index (χ1n) is 4.99. The van der Waals surface area contributed by atoms with E-state index < -0.39 is 17.8 Å². The maximum atomic E-state index is 13.1. The number of imide groups is 1. The highest BCUT2D eigenvalue weighted by Gasteiger charge is 2.28. The number of benzene rings is 1. The zero-order chi connectivity index (χ0) is 12.4. The molecular weight excluding hydrogens is 249 g/mol. The zero-order valence-corrected chi connectivity index (χ0v) is 9.54. The van der Waals surface area contributed by atoms with Crippen LogP contribution >= 0.6 is 11.6 Å². The van der Waals surface area contributed by atoms with Crippen LogP contribution in [-0.4, -0.2) is 30.1 Å². The number of carbonyl (C=O) groups is 2. The van der Waals surface area contributed by atoms with Gasteiger partial charge in [-0.15, -0.1) is 0 Å². The number of nitrogens with zero attached hydrogens (tertiary/aromatic N) is 1. The Kier molecular flexibility index (Phi) is 3.28. The van der Waals surface area contributed by atoms with Gasteiger partial charge >= 0.3 is 6.09 Å². The van der Waals surface area contributed by atoms with E-state index in [1.807, 2.05) is 0 Å². The molecule has 0 aromatic heterocycles. The third-order valence-electron chi connectivity index (χ3n) is 2.40. The SMILES string of the molecule is O=C(Cc1ccc(Cl)c(F)c1)N1CCOC1=O. The van der Waals surface area contributed by atoms with Crippen LogP contribution in [-0.2, 0) is 16.0 Å². The van der Waals surface area contributed by atoms with Crippen LogP contribution in [0.15, 0.2) is 18.2 Å². The van der Waals surface area contributed by atoms with Gasteiger partial charge < -0.3 is 4.74 Å². The molecule has 0 aliphatic carbocycles. The average molecular weight is 258 g/mol. The molecule has 1 heterocycles. The zero-order valence-electron chi connectivity index (χ0n) is 8.78. The Morgan fingerprint density at radius 3 is 2.88 bits per heavy atom. The summed E-state index contributed by atoms with van der Waals surface area (Å²) in [6.07, 6.45) is -0.701. The summed E-state index contributed by atoms with van der Waals surface area (Å²) in [5.74, 6) is -0.991. The fraction of sp³-hybridized carbons (Fsp3) is 0.273. The van der Waals surface area contributed by atoms with E-state index in [1.54, 1.807) is 6.07 Å². The topological polar surface area (TPSA) is 46.6 Å². The quantitative estimate of drug-likeness (QED) is 0.814. The summed E-state index contributed by atoms with van der Waals surface area (Å²) in [6.45, 7) is 0.452. The van der Waals surface area contributed by atoms with Gasteiger partial charge in [-0.25, -0.2) is 14.1 Å². The minimum absolute atomic E-state index is 0.00165. The lowest BCUT2D eigenvalue weighted by Gasteiger charge is -2.10. The van der Waals surface area contributed by atoms with E-state index >= 15 is 0 Å². The number of halogens is 2. The van der Waals surface area contributed by atoms with Crippen molar-refractivity contribution in [2.75, 3.05) is 13.2 Å². The van der Waals surface area contributed by atoms with E-state index in [0.717, 1.165) is 4.90 Å². The van der Waals surface area contributed by atoms with Crippen LogP contribution in [0.3, 0.4) is 0 Å². The number of carbonyl (C=O) groups excluding carboxylic acids is 2. The molecule has 0 bridgehead atoms. The van der Waals surface area contributed by atoms with Crippen LogP contribution in [0.1, 0.15) is 5.56 Å². The van der Waals surface area contributed by atoms with Gasteiger partial charge in [0, 0.05) is 0 Å². The Hall–Kier alpha value is -1.62. The smallest absolute Gasteiger partial charge is 0.416 e. The molecule has 0 atom stereocenters. The molecule has 2 rings (SSSR count). The average Bonchev–Trinajstić information content (AvgIpc) is 2.70. The molecule has 0 spiro atoms. The lowest BCUT2D eigenvalue weighted by molar-refractivity contribution is -0.127. The highest BCUT2D eigenvalue weighted by atomic mass is 35.5. The second-order valence-corrected chi connectivity index (χ2v) is 3.99. The Morgan fingerprint density at radius 2 is 2.29 bits per heavy atom. The first-order valence-corrected chi connectivity index (χ1v) is 5.37. The van der Waals surface area contributed by atoms with Gasteiger partial charge in [0.25, 0.3) is 0 Å². The van der Waals surface area contributed by atoms with Crippen molar-refractivity contribution < 1.29 is 18.7 Å². The summed E-state index contributed by atoms with van der Waals surface area (Å²) >= 11 is 5.52. The molecular formula is C11H9ClFNO3. The third kappa shape index (κ3) is 2.55. The molecule has 17 heavy (non-hydrogen) atoms. The second-order valence-electron chi connectivity index (χ2n) is 3.58. The van der Waals surface area contributed by atoms with Crippen molar-refractivity contribution in [3.05, 3.63) is 34.6 Å². The molecule has 1 fully saturated rings. The molecule has 6 heteroatoms. The van der Waals surface area contributed by atoms with Crippen molar-refractivity contribution in [2.24, 2.45) is 0 Å². The number of amides is 2. The van der Waals surface area contributed by atoms with Crippen molar-refractivity contribution in [2.45, 2.75) is 6.42 Å². The number of hydrogen-bond donors (Lipinski definition) is 0. The van der Waals surface area contributed by atoms with Gasteiger partial charge in [0.05, 0.1) is 18.0 Å². The van der Waals surface area contributed by atoms with E-state index in [2.05, 4.69) is 4.74 Å². The molecule has 1 saturated heterocycles. The second kappa shape index (κ2) is 4.71. The van der Waals surface area contributed by atoms with Gasteiger partial charge in [-0.05, 0) is 17.7 Å². The van der Waals surface area contributed by atoms with Crippen LogP contribution < -0.4 is 0 Å². The highest BCUT2D eigenvalue weighted by Crippen LogP contribution is 2.17. The number of cyclic esters (lactones) is 1. The van der Waals surface area contributed by atoms with Gasteiger partial charge in [0.15, 0.2) is 0 Å². The molecule has 1 aliphatic heterocycles. The van der Waals surface area contributed by atoms with E-state index in [-0.39, 0.29) is 24.6 Å². The number of hydrogen-bond acceptors (Lipinski definition) is 3. The van der Waals surface area contributed by atoms with Gasteiger partial charge in [0.1, 0.15) is 12.4 Å². The van der Waals surface area contributed by atoms with Crippen molar-refractivity contribution in [3.8, 4) is 0 Å².